The van der Waals surface area contributed by atoms with Crippen LogP contribution in [0.15, 0.2) is 77.7 Å². The van der Waals surface area contributed by atoms with Crippen molar-refractivity contribution in [2.45, 2.75) is 30.8 Å². The number of rotatable bonds is 6. The second-order valence-corrected chi connectivity index (χ2v) is 9.70. The van der Waals surface area contributed by atoms with E-state index in [4.69, 9.17) is 0 Å². The molecule has 0 radical (unpaired) electrons. The third kappa shape index (κ3) is 4.47. The van der Waals surface area contributed by atoms with E-state index in [1.165, 1.54) is 23.5 Å². The van der Waals surface area contributed by atoms with Gasteiger partial charge >= 0.3 is 5.97 Å². The quantitative estimate of drug-likeness (QED) is 0.564. The summed E-state index contributed by atoms with van der Waals surface area (Å²) in [5.41, 5.74) is 3.13. The SMILES string of the molecule is COC(=O)c1ccc(CNC(=O)c2cccc(S(=O)(=O)N3c4ccccc4CC3C)c2)cc1. The predicted octanol–water partition coefficient (Wildman–Crippen LogP) is 3.54. The second-order valence-electron chi connectivity index (χ2n) is 7.88. The van der Waals surface area contributed by atoms with Crippen LogP contribution in [0.5, 0.6) is 0 Å². The number of esters is 1. The molecule has 1 N–H and O–H groups in total. The summed E-state index contributed by atoms with van der Waals surface area (Å²) in [6, 6.07) is 20.0. The number of carbonyl (C=O) groups is 2. The maximum absolute atomic E-state index is 13.4. The van der Waals surface area contributed by atoms with E-state index in [-0.39, 0.29) is 29.0 Å². The number of nitrogens with one attached hydrogen (secondary N) is 1. The van der Waals surface area contributed by atoms with Crippen molar-refractivity contribution >= 4 is 27.6 Å². The van der Waals surface area contributed by atoms with E-state index in [2.05, 4.69) is 10.1 Å². The fourth-order valence-corrected chi connectivity index (χ4v) is 5.71. The Kier molecular flexibility index (Phi) is 6.20. The number of sulfonamides is 1. The maximum Gasteiger partial charge on any atom is 0.337 e. The Hall–Kier alpha value is -3.65. The molecule has 1 aliphatic heterocycles. The fraction of sp³-hybridized carbons (Fsp3) is 0.200. The molecule has 3 aromatic carbocycles. The zero-order valence-corrected chi connectivity index (χ0v) is 19.1. The number of ether oxygens (including phenoxy) is 1. The van der Waals surface area contributed by atoms with Gasteiger partial charge < -0.3 is 10.1 Å². The highest BCUT2D eigenvalue weighted by Gasteiger charge is 2.36. The van der Waals surface area contributed by atoms with E-state index in [9.17, 15) is 18.0 Å². The third-order valence-corrected chi connectivity index (χ3v) is 7.55. The molecule has 1 amide bonds. The standard InChI is InChI=1S/C25H24N2O5S/c1-17-14-20-6-3-4-9-23(20)27(17)33(30,31)22-8-5-7-21(15-22)24(28)26-16-18-10-12-19(13-11-18)25(29)32-2/h3-13,15,17H,14,16H2,1-2H3,(H,26,28). The van der Waals surface area contributed by atoms with E-state index in [1.807, 2.05) is 25.1 Å². The van der Waals surface area contributed by atoms with Crippen molar-refractivity contribution in [1.82, 2.24) is 5.32 Å². The molecule has 8 heteroatoms. The van der Waals surface area contributed by atoms with Gasteiger partial charge in [-0.3, -0.25) is 9.10 Å². The number of methoxy groups -OCH3 is 1. The Bertz CT molecular complexity index is 1300. The lowest BCUT2D eigenvalue weighted by atomic mass is 10.1. The number of carbonyl (C=O) groups excluding carboxylic acids is 2. The van der Waals surface area contributed by atoms with Crippen LogP contribution in [0.1, 0.15) is 38.8 Å². The zero-order chi connectivity index (χ0) is 23.6. The van der Waals surface area contributed by atoms with Crippen LogP contribution in [-0.2, 0) is 27.7 Å². The van der Waals surface area contributed by atoms with E-state index >= 15 is 0 Å². The van der Waals surface area contributed by atoms with Crippen molar-refractivity contribution in [3.05, 3.63) is 95.1 Å². The van der Waals surface area contributed by atoms with Crippen LogP contribution in [0.25, 0.3) is 0 Å². The first kappa shape index (κ1) is 22.5. The molecule has 1 aliphatic rings. The highest BCUT2D eigenvalue weighted by molar-refractivity contribution is 7.92. The van der Waals surface area contributed by atoms with Crippen LogP contribution in [0, 0.1) is 0 Å². The topological polar surface area (TPSA) is 92.8 Å². The Balaban J connectivity index is 1.51. The summed E-state index contributed by atoms with van der Waals surface area (Å²) in [6.45, 7) is 2.10. The van der Waals surface area contributed by atoms with E-state index in [1.54, 1.807) is 42.5 Å². The molecule has 0 aliphatic carbocycles. The summed E-state index contributed by atoms with van der Waals surface area (Å²) in [5.74, 6) is -0.822. The molecule has 0 saturated heterocycles. The van der Waals surface area contributed by atoms with Gasteiger partial charge in [0.05, 0.1) is 23.3 Å². The molecule has 3 aromatic rings. The van der Waals surface area contributed by atoms with Crippen LogP contribution in [0.4, 0.5) is 5.69 Å². The van der Waals surface area contributed by atoms with Gasteiger partial charge in [0.2, 0.25) is 0 Å². The normalized spacial score (nSPS) is 15.1. The average molecular weight is 465 g/mol. The molecule has 4 rings (SSSR count). The minimum Gasteiger partial charge on any atom is -0.465 e. The van der Waals surface area contributed by atoms with Gasteiger partial charge in [-0.15, -0.1) is 0 Å². The van der Waals surface area contributed by atoms with Gasteiger partial charge in [-0.05, 0) is 60.9 Å². The molecular formula is C25H24N2O5S. The number of para-hydroxylation sites is 1. The van der Waals surface area contributed by atoms with Crippen molar-refractivity contribution in [3.8, 4) is 0 Å². The second kappa shape index (κ2) is 9.07. The Morgan fingerprint density at radius 3 is 2.45 bits per heavy atom. The highest BCUT2D eigenvalue weighted by Crippen LogP contribution is 2.36. The summed E-state index contributed by atoms with van der Waals surface area (Å²) < 4.78 is 33.0. The van der Waals surface area contributed by atoms with E-state index in [0.29, 0.717) is 17.7 Å². The van der Waals surface area contributed by atoms with Crippen molar-refractivity contribution < 1.29 is 22.7 Å². The van der Waals surface area contributed by atoms with Gasteiger partial charge in [-0.1, -0.05) is 36.4 Å². The van der Waals surface area contributed by atoms with Crippen LogP contribution in [-0.4, -0.2) is 33.4 Å². The molecule has 1 unspecified atom stereocenters. The van der Waals surface area contributed by atoms with E-state index < -0.39 is 16.0 Å². The summed E-state index contributed by atoms with van der Waals surface area (Å²) in [4.78, 5) is 24.3. The molecule has 1 heterocycles. The molecule has 0 aromatic heterocycles. The van der Waals surface area contributed by atoms with Gasteiger partial charge in [0.1, 0.15) is 0 Å². The molecule has 0 spiro atoms. The number of fused-ring (bicyclic) bond motifs is 1. The van der Waals surface area contributed by atoms with Gasteiger partial charge in [0.25, 0.3) is 15.9 Å². The summed E-state index contributed by atoms with van der Waals surface area (Å²) in [6.07, 6.45) is 0.643. The number of nitrogens with zero attached hydrogens (tertiary/aromatic N) is 1. The van der Waals surface area contributed by atoms with Crippen LogP contribution in [0.3, 0.4) is 0 Å². The number of benzene rings is 3. The van der Waals surface area contributed by atoms with Crippen molar-refractivity contribution in [3.63, 3.8) is 0 Å². The van der Waals surface area contributed by atoms with Crippen LogP contribution in [0.2, 0.25) is 0 Å². The lowest BCUT2D eigenvalue weighted by Crippen LogP contribution is -2.35. The van der Waals surface area contributed by atoms with Crippen molar-refractivity contribution in [2.75, 3.05) is 11.4 Å². The van der Waals surface area contributed by atoms with E-state index in [0.717, 1.165) is 11.1 Å². The number of anilines is 1. The Morgan fingerprint density at radius 2 is 1.73 bits per heavy atom. The van der Waals surface area contributed by atoms with Gasteiger partial charge in [-0.25, -0.2) is 13.2 Å². The number of hydrogen-bond donors (Lipinski definition) is 1. The molecule has 170 valence electrons. The van der Waals surface area contributed by atoms with Gasteiger partial charge in [0, 0.05) is 18.2 Å². The Morgan fingerprint density at radius 1 is 1.00 bits per heavy atom. The largest absolute Gasteiger partial charge is 0.465 e. The lowest BCUT2D eigenvalue weighted by molar-refractivity contribution is 0.0600. The lowest BCUT2D eigenvalue weighted by Gasteiger charge is -2.24. The monoisotopic (exact) mass is 464 g/mol. The number of hydrogen-bond acceptors (Lipinski definition) is 5. The third-order valence-electron chi connectivity index (χ3n) is 5.63. The molecule has 1 atom stereocenters. The van der Waals surface area contributed by atoms with Crippen molar-refractivity contribution in [1.29, 1.82) is 0 Å². The molecule has 0 fully saturated rings. The van der Waals surface area contributed by atoms with Crippen LogP contribution >= 0.6 is 0 Å². The van der Waals surface area contributed by atoms with Gasteiger partial charge in [0.15, 0.2) is 0 Å². The fourth-order valence-electron chi connectivity index (χ4n) is 3.98. The summed E-state index contributed by atoms with van der Waals surface area (Å²) >= 11 is 0. The minimum absolute atomic E-state index is 0.0705. The number of amides is 1. The first-order valence-corrected chi connectivity index (χ1v) is 11.9. The molecular weight excluding hydrogens is 440 g/mol. The molecule has 7 nitrogen and oxygen atoms in total. The van der Waals surface area contributed by atoms with Crippen molar-refractivity contribution in [2.24, 2.45) is 0 Å². The highest BCUT2D eigenvalue weighted by atomic mass is 32.2. The molecule has 33 heavy (non-hydrogen) atoms. The first-order chi connectivity index (χ1) is 15.8. The molecule has 0 bridgehead atoms. The average Bonchev–Trinajstić information content (AvgIpc) is 3.18. The van der Waals surface area contributed by atoms with Crippen LogP contribution < -0.4 is 9.62 Å². The summed E-state index contributed by atoms with van der Waals surface area (Å²) in [5, 5.41) is 2.79. The van der Waals surface area contributed by atoms with Gasteiger partial charge in [-0.2, -0.15) is 0 Å². The minimum atomic E-state index is -3.83. The molecule has 0 saturated carbocycles. The maximum atomic E-state index is 13.4. The Labute approximate surface area is 193 Å². The summed E-state index contributed by atoms with van der Waals surface area (Å²) in [7, 11) is -2.52. The zero-order valence-electron chi connectivity index (χ0n) is 18.3. The smallest absolute Gasteiger partial charge is 0.337 e. The predicted molar refractivity (Wildman–Crippen MR) is 125 cm³/mol. The first-order valence-electron chi connectivity index (χ1n) is 10.5.